The van der Waals surface area contributed by atoms with Gasteiger partial charge in [0.05, 0.1) is 5.69 Å². The summed E-state index contributed by atoms with van der Waals surface area (Å²) in [5.74, 6) is 0.204. The highest BCUT2D eigenvalue weighted by atomic mass is 35.5. The third kappa shape index (κ3) is 2.83. The van der Waals surface area contributed by atoms with E-state index < -0.39 is 0 Å². The van der Waals surface area contributed by atoms with Gasteiger partial charge in [0.1, 0.15) is 5.15 Å². The molecule has 4 heteroatoms. The molecule has 0 bridgehead atoms. The van der Waals surface area contributed by atoms with Gasteiger partial charge >= 0.3 is 0 Å². The van der Waals surface area contributed by atoms with E-state index in [1.807, 2.05) is 6.92 Å². The molecule has 0 amide bonds. The van der Waals surface area contributed by atoms with E-state index in [1.165, 1.54) is 12.8 Å². The first kappa shape index (κ1) is 13.3. The fraction of sp³-hybridized carbons (Fsp3) is 0.571. The van der Waals surface area contributed by atoms with E-state index in [0.717, 1.165) is 36.1 Å². The Morgan fingerprint density at radius 2 is 2.22 bits per heavy atom. The van der Waals surface area contributed by atoms with Crippen molar-refractivity contribution in [2.75, 3.05) is 0 Å². The molecule has 0 N–H and O–H groups in total. The number of hydrogen-bond donors (Lipinski definition) is 0. The van der Waals surface area contributed by atoms with E-state index in [0.29, 0.717) is 11.6 Å². The van der Waals surface area contributed by atoms with Crippen LogP contribution in [0.1, 0.15) is 43.4 Å². The number of Topliss-reactive ketones (excluding diaryl/α,β-unsaturated/α-hetero) is 1. The smallest absolute Gasteiger partial charge is 0.163 e. The summed E-state index contributed by atoms with van der Waals surface area (Å²) in [7, 11) is 1.80. The molecule has 3 nitrogen and oxygen atoms in total. The van der Waals surface area contributed by atoms with E-state index in [4.69, 9.17) is 11.6 Å². The van der Waals surface area contributed by atoms with Gasteiger partial charge in [-0.05, 0) is 38.2 Å². The molecule has 0 unspecified atom stereocenters. The zero-order chi connectivity index (χ0) is 13.1. The summed E-state index contributed by atoms with van der Waals surface area (Å²) in [6.45, 7) is 1.90. The molecule has 0 aromatic carbocycles. The molecular formula is C14H19ClN2O. The molecular weight excluding hydrogens is 248 g/mol. The SMILES string of the molecule is Cc1nn(C)c(Cl)c1CC(=O)C1=CCCCCC1. The second-order valence-corrected chi connectivity index (χ2v) is 5.27. The van der Waals surface area contributed by atoms with Gasteiger partial charge in [0, 0.05) is 19.0 Å². The van der Waals surface area contributed by atoms with Gasteiger partial charge in [0.25, 0.3) is 0 Å². The fourth-order valence-corrected chi connectivity index (χ4v) is 2.66. The van der Waals surface area contributed by atoms with Crippen LogP contribution in [0.3, 0.4) is 0 Å². The van der Waals surface area contributed by atoms with Crippen LogP contribution in [-0.2, 0) is 18.3 Å². The standard InChI is InChI=1S/C14H19ClN2O/c1-10-12(14(15)17(2)16-10)9-13(18)11-7-5-3-4-6-8-11/h7H,3-6,8-9H2,1-2H3. The fourth-order valence-electron chi connectivity index (χ4n) is 2.42. The summed E-state index contributed by atoms with van der Waals surface area (Å²) in [6.07, 6.45) is 7.97. The Morgan fingerprint density at radius 1 is 1.44 bits per heavy atom. The topological polar surface area (TPSA) is 34.9 Å². The summed E-state index contributed by atoms with van der Waals surface area (Å²) in [5.41, 5.74) is 2.70. The first-order valence-electron chi connectivity index (χ1n) is 6.50. The summed E-state index contributed by atoms with van der Waals surface area (Å²) in [5, 5.41) is 4.82. The molecule has 0 spiro atoms. The largest absolute Gasteiger partial charge is 0.294 e. The average molecular weight is 267 g/mol. The molecule has 0 saturated carbocycles. The molecule has 1 heterocycles. The number of aromatic nitrogens is 2. The number of carbonyl (C=O) groups is 1. The zero-order valence-electron chi connectivity index (χ0n) is 11.0. The van der Waals surface area contributed by atoms with E-state index in [2.05, 4.69) is 11.2 Å². The maximum absolute atomic E-state index is 12.3. The van der Waals surface area contributed by atoms with Crippen molar-refractivity contribution >= 4 is 17.4 Å². The van der Waals surface area contributed by atoms with Gasteiger partial charge in [0.15, 0.2) is 5.78 Å². The Morgan fingerprint density at radius 3 is 2.89 bits per heavy atom. The summed E-state index contributed by atoms with van der Waals surface area (Å²) in [4.78, 5) is 12.3. The Hall–Kier alpha value is -1.09. The van der Waals surface area contributed by atoms with Crippen LogP contribution in [0.4, 0.5) is 0 Å². The third-order valence-electron chi connectivity index (χ3n) is 3.51. The predicted octanol–water partition coefficient (Wildman–Crippen LogP) is 3.38. The molecule has 2 rings (SSSR count). The van der Waals surface area contributed by atoms with Crippen molar-refractivity contribution in [1.29, 1.82) is 0 Å². The summed E-state index contributed by atoms with van der Waals surface area (Å²) >= 11 is 6.16. The first-order chi connectivity index (χ1) is 8.59. The van der Waals surface area contributed by atoms with E-state index >= 15 is 0 Å². The van der Waals surface area contributed by atoms with Gasteiger partial charge in [0.2, 0.25) is 0 Å². The highest BCUT2D eigenvalue weighted by molar-refractivity contribution is 6.30. The van der Waals surface area contributed by atoms with E-state index in [9.17, 15) is 4.79 Å². The zero-order valence-corrected chi connectivity index (χ0v) is 11.8. The van der Waals surface area contributed by atoms with Gasteiger partial charge in [-0.25, -0.2) is 0 Å². The van der Waals surface area contributed by atoms with Crippen LogP contribution >= 0.6 is 11.6 Å². The minimum absolute atomic E-state index is 0.204. The Kier molecular flexibility index (Phi) is 4.23. The molecule has 0 fully saturated rings. The average Bonchev–Trinajstić information content (AvgIpc) is 2.58. The number of aryl methyl sites for hydroxylation is 2. The molecule has 1 aromatic heterocycles. The first-order valence-corrected chi connectivity index (χ1v) is 6.87. The Labute approximate surface area is 113 Å². The Balaban J connectivity index is 2.13. The van der Waals surface area contributed by atoms with Crippen molar-refractivity contribution in [3.05, 3.63) is 28.1 Å². The third-order valence-corrected chi connectivity index (χ3v) is 3.98. The maximum Gasteiger partial charge on any atom is 0.163 e. The normalized spacial score (nSPS) is 16.3. The van der Waals surface area contributed by atoms with Crippen LogP contribution in [0.15, 0.2) is 11.6 Å². The van der Waals surface area contributed by atoms with Crippen LogP contribution in [0, 0.1) is 6.92 Å². The van der Waals surface area contributed by atoms with Crippen molar-refractivity contribution in [2.45, 2.75) is 45.4 Å². The molecule has 1 aromatic rings. The maximum atomic E-state index is 12.3. The predicted molar refractivity (Wildman–Crippen MR) is 72.8 cm³/mol. The quantitative estimate of drug-likeness (QED) is 0.841. The second kappa shape index (κ2) is 5.70. The van der Waals surface area contributed by atoms with Gasteiger partial charge in [-0.15, -0.1) is 0 Å². The van der Waals surface area contributed by atoms with Gasteiger partial charge in [-0.3, -0.25) is 9.48 Å². The number of rotatable bonds is 3. The molecule has 18 heavy (non-hydrogen) atoms. The van der Waals surface area contributed by atoms with Crippen LogP contribution < -0.4 is 0 Å². The molecule has 0 saturated heterocycles. The highest BCUT2D eigenvalue weighted by Gasteiger charge is 2.18. The van der Waals surface area contributed by atoms with Crippen LogP contribution in [0.2, 0.25) is 5.15 Å². The highest BCUT2D eigenvalue weighted by Crippen LogP contribution is 2.23. The van der Waals surface area contributed by atoms with Gasteiger partial charge in [-0.1, -0.05) is 24.1 Å². The Bertz CT molecular complexity index is 488. The van der Waals surface area contributed by atoms with E-state index in [1.54, 1.807) is 11.7 Å². The minimum atomic E-state index is 0.204. The molecule has 0 aliphatic heterocycles. The lowest BCUT2D eigenvalue weighted by molar-refractivity contribution is -0.115. The molecule has 1 aliphatic carbocycles. The molecule has 98 valence electrons. The number of allylic oxidation sites excluding steroid dienone is 2. The van der Waals surface area contributed by atoms with E-state index in [-0.39, 0.29) is 5.78 Å². The second-order valence-electron chi connectivity index (χ2n) is 4.91. The summed E-state index contributed by atoms with van der Waals surface area (Å²) in [6, 6.07) is 0. The van der Waals surface area contributed by atoms with Crippen molar-refractivity contribution < 1.29 is 4.79 Å². The van der Waals surface area contributed by atoms with Crippen molar-refractivity contribution in [1.82, 2.24) is 9.78 Å². The molecule has 0 atom stereocenters. The lowest BCUT2D eigenvalue weighted by Crippen LogP contribution is -2.07. The van der Waals surface area contributed by atoms with Gasteiger partial charge in [-0.2, -0.15) is 5.10 Å². The summed E-state index contributed by atoms with van der Waals surface area (Å²) < 4.78 is 1.63. The molecule has 1 aliphatic rings. The molecule has 0 radical (unpaired) electrons. The number of nitrogens with zero attached hydrogens (tertiary/aromatic N) is 2. The monoisotopic (exact) mass is 266 g/mol. The van der Waals surface area contributed by atoms with Crippen LogP contribution in [0.5, 0.6) is 0 Å². The lowest BCUT2D eigenvalue weighted by atomic mass is 10.00. The minimum Gasteiger partial charge on any atom is -0.294 e. The van der Waals surface area contributed by atoms with Crippen molar-refractivity contribution in [2.24, 2.45) is 7.05 Å². The number of ketones is 1. The van der Waals surface area contributed by atoms with Crippen molar-refractivity contribution in [3.8, 4) is 0 Å². The van der Waals surface area contributed by atoms with Crippen LogP contribution in [-0.4, -0.2) is 15.6 Å². The van der Waals surface area contributed by atoms with Crippen LogP contribution in [0.25, 0.3) is 0 Å². The lowest BCUT2D eigenvalue weighted by Gasteiger charge is -2.04. The number of carbonyl (C=O) groups excluding carboxylic acids is 1. The van der Waals surface area contributed by atoms with Gasteiger partial charge < -0.3 is 0 Å². The van der Waals surface area contributed by atoms with Crippen molar-refractivity contribution in [3.63, 3.8) is 0 Å². The number of halogens is 1. The number of hydrogen-bond acceptors (Lipinski definition) is 2.